The number of hydrogen-bond donors (Lipinski definition) is 2. The maximum Gasteiger partial charge on any atom is 0.258 e. The Hall–Kier alpha value is -1.93. The minimum absolute atomic E-state index is 0.0361. The van der Waals surface area contributed by atoms with Crippen LogP contribution in [-0.4, -0.2) is 25.0 Å². The Morgan fingerprint density at radius 2 is 1.83 bits per heavy atom. The van der Waals surface area contributed by atoms with Gasteiger partial charge in [-0.3, -0.25) is 9.59 Å². The molecule has 0 aliphatic heterocycles. The molecule has 2 N–H and O–H groups in total. The van der Waals surface area contributed by atoms with Crippen molar-refractivity contribution in [1.29, 1.82) is 0 Å². The average molecular weight is 460 g/mol. The van der Waals surface area contributed by atoms with E-state index in [1.54, 1.807) is 24.3 Å². The van der Waals surface area contributed by atoms with Crippen molar-refractivity contribution in [1.82, 2.24) is 5.32 Å². The van der Waals surface area contributed by atoms with Crippen LogP contribution in [0.25, 0.3) is 0 Å². The smallest absolute Gasteiger partial charge is 0.258 e. The van der Waals surface area contributed by atoms with Gasteiger partial charge in [-0.05, 0) is 46.3 Å². The van der Waals surface area contributed by atoms with Crippen LogP contribution in [0.4, 0.5) is 10.1 Å². The van der Waals surface area contributed by atoms with Crippen molar-refractivity contribution >= 4 is 49.4 Å². The highest BCUT2D eigenvalue weighted by Crippen LogP contribution is 2.21. The van der Waals surface area contributed by atoms with Crippen LogP contribution in [0.3, 0.4) is 0 Å². The monoisotopic (exact) mass is 458 g/mol. The molecular weight excluding hydrogens is 447 g/mol. The van der Waals surface area contributed by atoms with E-state index >= 15 is 0 Å². The van der Waals surface area contributed by atoms with Gasteiger partial charge in [0.1, 0.15) is 0 Å². The zero-order valence-electron chi connectivity index (χ0n) is 12.3. The van der Waals surface area contributed by atoms with Gasteiger partial charge in [-0.25, -0.2) is 4.39 Å². The number of benzene rings is 2. The molecule has 0 spiro atoms. The van der Waals surface area contributed by atoms with E-state index in [-0.39, 0.29) is 24.8 Å². The molecule has 0 aliphatic carbocycles. The van der Waals surface area contributed by atoms with Crippen LogP contribution >= 0.6 is 31.9 Å². The molecule has 5 nitrogen and oxygen atoms in total. The summed E-state index contributed by atoms with van der Waals surface area (Å²) in [5.74, 6) is -1.53. The standard InChI is InChI=1S/C16H13Br2FN2O3/c17-10-5-6-14(12(19)7-10)24-9-16(23)20-8-15(22)21-13-4-2-1-3-11(13)18/h1-7H,8-9H2,(H,20,23)(H,21,22). The maximum absolute atomic E-state index is 13.5. The van der Waals surface area contributed by atoms with Crippen molar-refractivity contribution < 1.29 is 18.7 Å². The molecule has 0 heterocycles. The topological polar surface area (TPSA) is 67.4 Å². The van der Waals surface area contributed by atoms with Crippen LogP contribution in [0.15, 0.2) is 51.4 Å². The third-order valence-electron chi connectivity index (χ3n) is 2.85. The molecule has 0 bridgehead atoms. The van der Waals surface area contributed by atoms with Crippen LogP contribution in [0.2, 0.25) is 0 Å². The molecule has 0 saturated carbocycles. The Kier molecular flexibility index (Phi) is 6.74. The van der Waals surface area contributed by atoms with Crippen LogP contribution in [0.1, 0.15) is 0 Å². The third-order valence-corrected chi connectivity index (χ3v) is 4.03. The fraction of sp³-hybridized carbons (Fsp3) is 0.125. The minimum Gasteiger partial charge on any atom is -0.481 e. The number of carbonyl (C=O) groups excluding carboxylic acids is 2. The maximum atomic E-state index is 13.5. The highest BCUT2D eigenvalue weighted by atomic mass is 79.9. The molecule has 0 aromatic heterocycles. The molecule has 0 aliphatic rings. The molecule has 8 heteroatoms. The molecule has 2 aromatic carbocycles. The van der Waals surface area contributed by atoms with E-state index in [9.17, 15) is 14.0 Å². The van der Waals surface area contributed by atoms with Gasteiger partial charge in [0.2, 0.25) is 5.91 Å². The van der Waals surface area contributed by atoms with Gasteiger partial charge >= 0.3 is 0 Å². The molecular formula is C16H13Br2FN2O3. The van der Waals surface area contributed by atoms with Gasteiger partial charge in [-0.15, -0.1) is 0 Å². The summed E-state index contributed by atoms with van der Waals surface area (Å²) >= 11 is 6.43. The zero-order valence-corrected chi connectivity index (χ0v) is 15.5. The van der Waals surface area contributed by atoms with E-state index in [0.717, 1.165) is 4.47 Å². The number of nitrogens with one attached hydrogen (secondary N) is 2. The van der Waals surface area contributed by atoms with Gasteiger partial charge < -0.3 is 15.4 Å². The van der Waals surface area contributed by atoms with Crippen molar-refractivity contribution in [2.45, 2.75) is 0 Å². The predicted molar refractivity (Wildman–Crippen MR) is 95.4 cm³/mol. The number of hydrogen-bond acceptors (Lipinski definition) is 3. The number of ether oxygens (including phenoxy) is 1. The van der Waals surface area contributed by atoms with Gasteiger partial charge in [0.25, 0.3) is 5.91 Å². The number of anilines is 1. The normalized spacial score (nSPS) is 10.1. The molecule has 0 fully saturated rings. The number of para-hydroxylation sites is 1. The second-order valence-electron chi connectivity index (χ2n) is 4.67. The van der Waals surface area contributed by atoms with Crippen LogP contribution in [0.5, 0.6) is 5.75 Å². The van der Waals surface area contributed by atoms with Crippen LogP contribution in [-0.2, 0) is 9.59 Å². The summed E-state index contributed by atoms with van der Waals surface area (Å²) in [6.07, 6.45) is 0. The summed E-state index contributed by atoms with van der Waals surface area (Å²) in [6, 6.07) is 11.4. The van der Waals surface area contributed by atoms with E-state index in [1.165, 1.54) is 12.1 Å². The average Bonchev–Trinajstić information content (AvgIpc) is 2.54. The molecule has 2 aromatic rings. The third kappa shape index (κ3) is 5.61. The van der Waals surface area contributed by atoms with E-state index in [1.807, 2.05) is 6.07 Å². The van der Waals surface area contributed by atoms with Crippen molar-refractivity contribution in [2.24, 2.45) is 0 Å². The lowest BCUT2D eigenvalue weighted by atomic mass is 10.3. The van der Waals surface area contributed by atoms with Crippen molar-refractivity contribution in [3.8, 4) is 5.75 Å². The van der Waals surface area contributed by atoms with Crippen LogP contribution in [0, 0.1) is 5.82 Å². The molecule has 2 rings (SSSR count). The number of amides is 2. The molecule has 2 amide bonds. The van der Waals surface area contributed by atoms with E-state index in [0.29, 0.717) is 10.2 Å². The summed E-state index contributed by atoms with van der Waals surface area (Å²) in [6.45, 7) is -0.604. The van der Waals surface area contributed by atoms with Gasteiger partial charge in [-0.2, -0.15) is 0 Å². The Bertz CT molecular complexity index is 756. The van der Waals surface area contributed by atoms with E-state index < -0.39 is 11.7 Å². The molecule has 0 saturated heterocycles. The Morgan fingerprint density at radius 1 is 1.08 bits per heavy atom. The first-order valence-corrected chi connectivity index (χ1v) is 8.43. The van der Waals surface area contributed by atoms with Crippen molar-refractivity contribution in [3.63, 3.8) is 0 Å². The van der Waals surface area contributed by atoms with Gasteiger partial charge in [0, 0.05) is 8.95 Å². The zero-order chi connectivity index (χ0) is 17.5. The fourth-order valence-corrected chi connectivity index (χ4v) is 2.44. The minimum atomic E-state index is -0.580. The van der Waals surface area contributed by atoms with Gasteiger partial charge in [-0.1, -0.05) is 28.1 Å². The molecule has 24 heavy (non-hydrogen) atoms. The van der Waals surface area contributed by atoms with Gasteiger partial charge in [0.05, 0.1) is 12.2 Å². The summed E-state index contributed by atoms with van der Waals surface area (Å²) in [7, 11) is 0. The number of rotatable bonds is 6. The summed E-state index contributed by atoms with van der Waals surface area (Å²) in [5, 5.41) is 5.05. The van der Waals surface area contributed by atoms with E-state index in [4.69, 9.17) is 4.74 Å². The number of carbonyl (C=O) groups is 2. The Balaban J connectivity index is 1.76. The predicted octanol–water partition coefficient (Wildman–Crippen LogP) is 3.48. The van der Waals surface area contributed by atoms with Crippen molar-refractivity contribution in [2.75, 3.05) is 18.5 Å². The lowest BCUT2D eigenvalue weighted by Gasteiger charge is -2.09. The largest absolute Gasteiger partial charge is 0.481 e. The molecule has 0 unspecified atom stereocenters. The quantitative estimate of drug-likeness (QED) is 0.694. The Labute approximate surface area is 154 Å². The second-order valence-corrected chi connectivity index (χ2v) is 6.44. The first-order chi connectivity index (χ1) is 11.5. The highest BCUT2D eigenvalue weighted by Gasteiger charge is 2.10. The second kappa shape index (κ2) is 8.79. The summed E-state index contributed by atoms with van der Waals surface area (Å²) < 4.78 is 19.9. The molecule has 0 atom stereocenters. The van der Waals surface area contributed by atoms with E-state index in [2.05, 4.69) is 42.5 Å². The fourth-order valence-electron chi connectivity index (χ4n) is 1.72. The molecule has 0 radical (unpaired) electrons. The lowest BCUT2D eigenvalue weighted by Crippen LogP contribution is -2.35. The van der Waals surface area contributed by atoms with Gasteiger partial charge in [0.15, 0.2) is 18.2 Å². The SMILES string of the molecule is O=C(COc1ccc(Br)cc1F)NCC(=O)Nc1ccccc1Br. The highest BCUT2D eigenvalue weighted by molar-refractivity contribution is 9.10. The number of halogens is 3. The lowest BCUT2D eigenvalue weighted by molar-refractivity contribution is -0.125. The molecule has 126 valence electrons. The summed E-state index contributed by atoms with van der Waals surface area (Å²) in [5.41, 5.74) is 0.602. The Morgan fingerprint density at radius 3 is 2.54 bits per heavy atom. The van der Waals surface area contributed by atoms with Crippen molar-refractivity contribution in [3.05, 3.63) is 57.2 Å². The summed E-state index contributed by atoms with van der Waals surface area (Å²) in [4.78, 5) is 23.4. The first kappa shape index (κ1) is 18.4. The first-order valence-electron chi connectivity index (χ1n) is 6.84. The van der Waals surface area contributed by atoms with Crippen LogP contribution < -0.4 is 15.4 Å².